The van der Waals surface area contributed by atoms with Gasteiger partial charge in [0.05, 0.1) is 47.2 Å². The Hall–Kier alpha value is -4.20. The fraction of sp³-hybridized carbons (Fsp3) is 0.333. The molecule has 0 spiro atoms. The van der Waals surface area contributed by atoms with Crippen LogP contribution in [0.4, 0.5) is 0 Å². The van der Waals surface area contributed by atoms with Gasteiger partial charge in [0.2, 0.25) is 0 Å². The molecule has 38 heavy (non-hydrogen) atoms. The van der Waals surface area contributed by atoms with Crippen molar-refractivity contribution < 1.29 is 19.1 Å². The van der Waals surface area contributed by atoms with Crippen LogP contribution in [0.25, 0.3) is 12.2 Å². The molecule has 2 aromatic rings. The number of nitrogens with zero attached hydrogens (tertiary/aromatic N) is 2. The van der Waals surface area contributed by atoms with E-state index in [9.17, 15) is 9.59 Å². The Morgan fingerprint density at radius 1 is 0.711 bits per heavy atom. The molecule has 4 heterocycles. The third kappa shape index (κ3) is 4.98. The zero-order chi connectivity index (χ0) is 27.7. The molecule has 2 aliphatic rings. The van der Waals surface area contributed by atoms with Crippen LogP contribution < -0.4 is 0 Å². The molecule has 8 heteroatoms. The summed E-state index contributed by atoms with van der Waals surface area (Å²) in [7, 11) is 0. The number of H-pyrrole nitrogens is 2. The SMILES string of the molecule is CCOC(=O)c1c(C)[nH]c(/C=C2\N=C(C3=N/C(=C/c4[nH]c(C)c(C(=O)OCC)c4C)C(C)=C3)C=C2C)c1C. The van der Waals surface area contributed by atoms with Gasteiger partial charge in [-0.25, -0.2) is 19.6 Å². The molecule has 8 nitrogen and oxygen atoms in total. The lowest BCUT2D eigenvalue weighted by Crippen LogP contribution is -2.06. The molecule has 2 aromatic heterocycles. The van der Waals surface area contributed by atoms with Crippen molar-refractivity contribution in [2.24, 2.45) is 9.98 Å². The number of esters is 2. The number of allylic oxidation sites excluding steroid dienone is 4. The Labute approximate surface area is 223 Å². The van der Waals surface area contributed by atoms with Crippen LogP contribution in [-0.4, -0.2) is 46.5 Å². The Bertz CT molecular complexity index is 1400. The first-order chi connectivity index (χ1) is 18.0. The minimum Gasteiger partial charge on any atom is -0.462 e. The highest BCUT2D eigenvalue weighted by Crippen LogP contribution is 2.30. The van der Waals surface area contributed by atoms with Gasteiger partial charge in [-0.1, -0.05) is 0 Å². The van der Waals surface area contributed by atoms with E-state index in [0.717, 1.165) is 67.9 Å². The molecule has 0 saturated carbocycles. The number of aromatic nitrogens is 2. The standard InChI is InChI=1S/C30H34N4O4/c1-9-37-29(35)27-17(5)23(31-19(27)7)13-21-15(3)11-25(33-21)26-12-16(4)22(34-26)14-24-18(6)28(20(8)32-24)30(36)38-10-2/h11-14,31-32H,9-10H2,1-8H3/b21-13-,22-14+. The summed E-state index contributed by atoms with van der Waals surface area (Å²) in [5.74, 6) is -0.651. The molecule has 0 saturated heterocycles. The first-order valence-electron chi connectivity index (χ1n) is 12.8. The van der Waals surface area contributed by atoms with E-state index < -0.39 is 0 Å². The number of aryl methyl sites for hydroxylation is 2. The Morgan fingerprint density at radius 2 is 1.08 bits per heavy atom. The van der Waals surface area contributed by atoms with Crippen LogP contribution in [0.2, 0.25) is 0 Å². The van der Waals surface area contributed by atoms with E-state index in [-0.39, 0.29) is 11.9 Å². The smallest absolute Gasteiger partial charge is 0.340 e. The molecular formula is C30H34N4O4. The minimum absolute atomic E-state index is 0.326. The number of carbonyl (C=O) groups is 2. The van der Waals surface area contributed by atoms with Gasteiger partial charge in [-0.3, -0.25) is 0 Å². The van der Waals surface area contributed by atoms with Crippen LogP contribution >= 0.6 is 0 Å². The van der Waals surface area contributed by atoms with E-state index in [1.807, 2.05) is 65.8 Å². The summed E-state index contributed by atoms with van der Waals surface area (Å²) in [5, 5.41) is 0. The van der Waals surface area contributed by atoms with Crippen LogP contribution in [-0.2, 0) is 9.47 Å². The molecule has 198 valence electrons. The van der Waals surface area contributed by atoms with Gasteiger partial charge in [0, 0.05) is 22.8 Å². The van der Waals surface area contributed by atoms with Crippen LogP contribution in [0.1, 0.15) is 82.3 Å². The largest absolute Gasteiger partial charge is 0.462 e. The van der Waals surface area contributed by atoms with Gasteiger partial charge in [-0.15, -0.1) is 0 Å². The van der Waals surface area contributed by atoms with Crippen molar-refractivity contribution in [3.8, 4) is 0 Å². The number of hydrogen-bond acceptors (Lipinski definition) is 6. The maximum absolute atomic E-state index is 12.4. The number of aliphatic imine (C=N–C) groups is 2. The lowest BCUT2D eigenvalue weighted by molar-refractivity contribution is 0.0515. The Balaban J connectivity index is 1.64. The maximum Gasteiger partial charge on any atom is 0.340 e. The number of ether oxygens (including phenoxy) is 2. The minimum atomic E-state index is -0.326. The highest BCUT2D eigenvalue weighted by Gasteiger charge is 2.23. The van der Waals surface area contributed by atoms with Gasteiger partial charge < -0.3 is 19.4 Å². The first-order valence-corrected chi connectivity index (χ1v) is 12.8. The molecule has 0 aliphatic carbocycles. The van der Waals surface area contributed by atoms with Crippen molar-refractivity contribution in [3.63, 3.8) is 0 Å². The maximum atomic E-state index is 12.4. The number of rotatable bonds is 7. The highest BCUT2D eigenvalue weighted by molar-refractivity contribution is 6.52. The van der Waals surface area contributed by atoms with Gasteiger partial charge >= 0.3 is 11.9 Å². The predicted octanol–water partition coefficient (Wildman–Crippen LogP) is 6.11. The normalized spacial score (nSPS) is 17.1. The van der Waals surface area contributed by atoms with Crippen molar-refractivity contribution in [2.45, 2.75) is 55.4 Å². The quantitative estimate of drug-likeness (QED) is 0.434. The van der Waals surface area contributed by atoms with Crippen molar-refractivity contribution in [1.29, 1.82) is 0 Å². The highest BCUT2D eigenvalue weighted by atomic mass is 16.5. The molecule has 0 amide bonds. The summed E-state index contributed by atoms with van der Waals surface area (Å²) in [5.41, 5.74) is 11.2. The molecule has 0 bridgehead atoms. The van der Waals surface area contributed by atoms with Gasteiger partial charge in [0.1, 0.15) is 0 Å². The van der Waals surface area contributed by atoms with Crippen molar-refractivity contribution >= 4 is 35.5 Å². The second-order valence-electron chi connectivity index (χ2n) is 9.48. The van der Waals surface area contributed by atoms with Crippen LogP contribution in [0.5, 0.6) is 0 Å². The topological polar surface area (TPSA) is 109 Å². The van der Waals surface area contributed by atoms with E-state index in [1.54, 1.807) is 13.8 Å². The Morgan fingerprint density at radius 3 is 1.42 bits per heavy atom. The van der Waals surface area contributed by atoms with E-state index >= 15 is 0 Å². The summed E-state index contributed by atoms with van der Waals surface area (Å²) >= 11 is 0. The van der Waals surface area contributed by atoms with Gasteiger partial charge in [0.15, 0.2) is 0 Å². The molecule has 2 aliphatic heterocycles. The van der Waals surface area contributed by atoms with E-state index in [0.29, 0.717) is 24.3 Å². The second kappa shape index (κ2) is 10.7. The predicted molar refractivity (Wildman–Crippen MR) is 151 cm³/mol. The lowest BCUT2D eigenvalue weighted by Gasteiger charge is -2.02. The summed E-state index contributed by atoms with van der Waals surface area (Å²) in [4.78, 5) is 41.0. The monoisotopic (exact) mass is 514 g/mol. The number of nitrogens with one attached hydrogen (secondary N) is 2. The molecule has 0 fully saturated rings. The van der Waals surface area contributed by atoms with E-state index in [2.05, 4.69) is 9.97 Å². The zero-order valence-electron chi connectivity index (χ0n) is 23.3. The fourth-order valence-electron chi connectivity index (χ4n) is 4.74. The van der Waals surface area contributed by atoms with Gasteiger partial charge in [-0.05, 0) is 102 Å². The Kier molecular flexibility index (Phi) is 7.53. The van der Waals surface area contributed by atoms with Crippen molar-refractivity contribution in [2.75, 3.05) is 13.2 Å². The molecule has 2 N–H and O–H groups in total. The molecule has 4 rings (SSSR count). The number of aromatic amines is 2. The third-order valence-electron chi connectivity index (χ3n) is 6.73. The van der Waals surface area contributed by atoms with Crippen molar-refractivity contribution in [1.82, 2.24) is 9.97 Å². The number of hydrogen-bond donors (Lipinski definition) is 2. The second-order valence-corrected chi connectivity index (χ2v) is 9.48. The summed E-state index contributed by atoms with van der Waals surface area (Å²) in [6.07, 6.45) is 7.93. The third-order valence-corrected chi connectivity index (χ3v) is 6.73. The van der Waals surface area contributed by atoms with Crippen LogP contribution in [0.3, 0.4) is 0 Å². The van der Waals surface area contributed by atoms with E-state index in [4.69, 9.17) is 19.5 Å². The van der Waals surface area contributed by atoms with Crippen molar-refractivity contribution in [3.05, 3.63) is 79.7 Å². The summed E-state index contributed by atoms with van der Waals surface area (Å²) < 4.78 is 10.4. The molecule has 0 radical (unpaired) electrons. The molecular weight excluding hydrogens is 480 g/mol. The van der Waals surface area contributed by atoms with Gasteiger partial charge in [-0.2, -0.15) is 0 Å². The van der Waals surface area contributed by atoms with Gasteiger partial charge in [0.25, 0.3) is 0 Å². The average molecular weight is 515 g/mol. The van der Waals surface area contributed by atoms with Crippen LogP contribution in [0.15, 0.2) is 44.7 Å². The van der Waals surface area contributed by atoms with E-state index in [1.165, 1.54) is 0 Å². The number of carbonyl (C=O) groups excluding carboxylic acids is 2. The zero-order valence-corrected chi connectivity index (χ0v) is 23.3. The fourth-order valence-corrected chi connectivity index (χ4v) is 4.74. The summed E-state index contributed by atoms with van der Waals surface area (Å²) in [6, 6.07) is 0. The first kappa shape index (κ1) is 26.9. The molecule has 0 aromatic carbocycles. The average Bonchev–Trinajstić information content (AvgIpc) is 3.55. The molecule has 0 unspecified atom stereocenters. The van der Waals surface area contributed by atoms with Crippen LogP contribution in [0, 0.1) is 27.7 Å². The summed E-state index contributed by atoms with van der Waals surface area (Å²) in [6.45, 7) is 15.8. The lowest BCUT2D eigenvalue weighted by atomic mass is 10.1. The molecule has 0 atom stereocenters.